The first-order valence-corrected chi connectivity index (χ1v) is 8.43. The van der Waals surface area contributed by atoms with Gasteiger partial charge in [-0.1, -0.05) is 13.8 Å². The summed E-state index contributed by atoms with van der Waals surface area (Å²) in [5.41, 5.74) is 3.29. The van der Waals surface area contributed by atoms with Crippen LogP contribution in [0.1, 0.15) is 37.6 Å². The molecule has 3 rings (SSSR count). The van der Waals surface area contributed by atoms with Crippen molar-refractivity contribution in [2.75, 3.05) is 20.8 Å². The van der Waals surface area contributed by atoms with Crippen LogP contribution in [-0.2, 0) is 16.0 Å². The number of nitrogens with zero attached hydrogens (tertiary/aromatic N) is 2. The molecule has 1 atom stereocenters. The second kappa shape index (κ2) is 6.88. The molecule has 0 spiro atoms. The van der Waals surface area contributed by atoms with Crippen molar-refractivity contribution in [1.29, 1.82) is 0 Å². The lowest BCUT2D eigenvalue weighted by molar-refractivity contribution is -0.125. The molecule has 134 valence electrons. The maximum absolute atomic E-state index is 12.0. The molecule has 0 unspecified atom stereocenters. The molecule has 0 saturated heterocycles. The Bertz CT molecular complexity index is 750. The number of aromatic nitrogens is 2. The number of fused-ring (bicyclic) bond motifs is 1. The monoisotopic (exact) mass is 343 g/mol. The van der Waals surface area contributed by atoms with Crippen molar-refractivity contribution in [2.45, 2.75) is 32.7 Å². The van der Waals surface area contributed by atoms with Gasteiger partial charge in [-0.05, 0) is 42.5 Å². The second-order valence-electron chi connectivity index (χ2n) is 7.25. The third kappa shape index (κ3) is 3.69. The lowest BCUT2D eigenvalue weighted by Gasteiger charge is -2.36. The molecule has 2 aromatic rings. The third-order valence-electron chi connectivity index (χ3n) is 4.61. The first kappa shape index (κ1) is 17.5. The predicted molar refractivity (Wildman–Crippen MR) is 95.0 cm³/mol. The van der Waals surface area contributed by atoms with Gasteiger partial charge in [0.25, 0.3) is 0 Å². The first-order valence-electron chi connectivity index (χ1n) is 8.43. The number of nitrogens with one attached hydrogen (secondary N) is 1. The fourth-order valence-corrected chi connectivity index (χ4v) is 3.48. The SMILES string of the molecule is COCC(=O)N[C@@H]1CC(C)(C)Cc2c1cnn2-c1ccc(OC)cc1. The highest BCUT2D eigenvalue weighted by atomic mass is 16.5. The van der Waals surface area contributed by atoms with Crippen molar-refractivity contribution in [3.05, 3.63) is 41.7 Å². The summed E-state index contributed by atoms with van der Waals surface area (Å²) in [6, 6.07) is 7.79. The molecule has 1 heterocycles. The Morgan fingerprint density at radius 1 is 1.32 bits per heavy atom. The lowest BCUT2D eigenvalue weighted by Crippen LogP contribution is -2.38. The molecule has 6 heteroatoms. The number of rotatable bonds is 5. The van der Waals surface area contributed by atoms with Crippen LogP contribution in [0.25, 0.3) is 5.69 Å². The van der Waals surface area contributed by atoms with Crippen LogP contribution in [0.5, 0.6) is 5.75 Å². The highest BCUT2D eigenvalue weighted by molar-refractivity contribution is 5.77. The quantitative estimate of drug-likeness (QED) is 0.906. The molecule has 0 fully saturated rings. The maximum atomic E-state index is 12.0. The molecule has 25 heavy (non-hydrogen) atoms. The highest BCUT2D eigenvalue weighted by Gasteiger charge is 2.35. The van der Waals surface area contributed by atoms with E-state index in [-0.39, 0.29) is 24.0 Å². The maximum Gasteiger partial charge on any atom is 0.246 e. The zero-order valence-electron chi connectivity index (χ0n) is 15.2. The Labute approximate surface area is 148 Å². The van der Waals surface area contributed by atoms with Crippen LogP contribution in [0.2, 0.25) is 0 Å². The smallest absolute Gasteiger partial charge is 0.246 e. The van der Waals surface area contributed by atoms with E-state index in [1.807, 2.05) is 35.1 Å². The van der Waals surface area contributed by atoms with Gasteiger partial charge < -0.3 is 14.8 Å². The summed E-state index contributed by atoms with van der Waals surface area (Å²) < 4.78 is 12.1. The van der Waals surface area contributed by atoms with E-state index in [0.717, 1.165) is 35.5 Å². The van der Waals surface area contributed by atoms with Crippen LogP contribution in [0.3, 0.4) is 0 Å². The number of ether oxygens (including phenoxy) is 2. The summed E-state index contributed by atoms with van der Waals surface area (Å²) in [7, 11) is 3.18. The average Bonchev–Trinajstić information content (AvgIpc) is 2.97. The number of benzene rings is 1. The van der Waals surface area contributed by atoms with Crippen LogP contribution in [0.15, 0.2) is 30.5 Å². The summed E-state index contributed by atoms with van der Waals surface area (Å²) in [6.45, 7) is 4.51. The van der Waals surface area contributed by atoms with Crippen molar-refractivity contribution >= 4 is 5.91 Å². The predicted octanol–water partition coefficient (Wildman–Crippen LogP) is 2.66. The van der Waals surface area contributed by atoms with Gasteiger partial charge in [0.05, 0.1) is 30.7 Å². The zero-order valence-corrected chi connectivity index (χ0v) is 15.2. The fourth-order valence-electron chi connectivity index (χ4n) is 3.48. The summed E-state index contributed by atoms with van der Waals surface area (Å²) in [4.78, 5) is 12.0. The van der Waals surface area contributed by atoms with Crippen molar-refractivity contribution in [3.63, 3.8) is 0 Å². The molecule has 1 aliphatic rings. The van der Waals surface area contributed by atoms with E-state index in [0.29, 0.717) is 0 Å². The van der Waals surface area contributed by atoms with Crippen molar-refractivity contribution in [3.8, 4) is 11.4 Å². The van der Waals surface area contributed by atoms with Gasteiger partial charge in [0.15, 0.2) is 0 Å². The van der Waals surface area contributed by atoms with E-state index in [4.69, 9.17) is 9.47 Å². The topological polar surface area (TPSA) is 65.4 Å². The first-order chi connectivity index (χ1) is 11.9. The van der Waals surface area contributed by atoms with E-state index >= 15 is 0 Å². The van der Waals surface area contributed by atoms with E-state index in [1.54, 1.807) is 7.11 Å². The molecular formula is C19H25N3O3. The minimum Gasteiger partial charge on any atom is -0.497 e. The Morgan fingerprint density at radius 2 is 2.04 bits per heavy atom. The standard InChI is InChI=1S/C19H25N3O3/c1-19(2)9-16(21-18(23)12-24-3)15-11-20-22(17(15)10-19)13-5-7-14(25-4)8-6-13/h5-8,11,16H,9-10,12H2,1-4H3,(H,21,23)/t16-/m1/s1. The molecule has 1 aromatic carbocycles. The summed E-state index contributed by atoms with van der Waals surface area (Å²) in [5.74, 6) is 0.711. The highest BCUT2D eigenvalue weighted by Crippen LogP contribution is 2.41. The van der Waals surface area contributed by atoms with Crippen LogP contribution in [0, 0.1) is 5.41 Å². The molecule has 0 bridgehead atoms. The molecule has 0 radical (unpaired) electrons. The van der Waals surface area contributed by atoms with E-state index in [9.17, 15) is 4.79 Å². The van der Waals surface area contributed by atoms with Gasteiger partial charge in [0.2, 0.25) is 5.91 Å². The van der Waals surface area contributed by atoms with Gasteiger partial charge in [0, 0.05) is 12.7 Å². The van der Waals surface area contributed by atoms with E-state index in [1.165, 1.54) is 7.11 Å². The molecule has 0 aliphatic heterocycles. The van der Waals surface area contributed by atoms with Crippen LogP contribution in [0.4, 0.5) is 0 Å². The fraction of sp³-hybridized carbons (Fsp3) is 0.474. The van der Waals surface area contributed by atoms with Crippen molar-refractivity contribution in [2.24, 2.45) is 5.41 Å². The van der Waals surface area contributed by atoms with E-state index in [2.05, 4.69) is 24.3 Å². The van der Waals surface area contributed by atoms with Gasteiger partial charge in [-0.2, -0.15) is 5.10 Å². The minimum atomic E-state index is -0.103. The molecule has 0 saturated carbocycles. The van der Waals surface area contributed by atoms with Crippen LogP contribution < -0.4 is 10.1 Å². The Balaban J connectivity index is 1.94. The molecule has 1 N–H and O–H groups in total. The van der Waals surface area contributed by atoms with Crippen molar-refractivity contribution in [1.82, 2.24) is 15.1 Å². The summed E-state index contributed by atoms with van der Waals surface area (Å²) >= 11 is 0. The van der Waals surface area contributed by atoms with Gasteiger partial charge in [-0.15, -0.1) is 0 Å². The summed E-state index contributed by atoms with van der Waals surface area (Å²) in [6.07, 6.45) is 3.65. The molecule has 1 amide bonds. The van der Waals surface area contributed by atoms with Gasteiger partial charge >= 0.3 is 0 Å². The number of methoxy groups -OCH3 is 2. The number of hydrogen-bond donors (Lipinski definition) is 1. The average molecular weight is 343 g/mol. The van der Waals surface area contributed by atoms with E-state index < -0.39 is 0 Å². The number of carbonyl (C=O) groups excluding carboxylic acids is 1. The molecule has 6 nitrogen and oxygen atoms in total. The number of carbonyl (C=O) groups is 1. The Hall–Kier alpha value is -2.34. The Kier molecular flexibility index (Phi) is 4.81. The lowest BCUT2D eigenvalue weighted by atomic mass is 9.74. The third-order valence-corrected chi connectivity index (χ3v) is 4.61. The van der Waals surface area contributed by atoms with Crippen LogP contribution in [-0.4, -0.2) is 36.5 Å². The molecular weight excluding hydrogens is 318 g/mol. The Morgan fingerprint density at radius 3 is 2.68 bits per heavy atom. The minimum absolute atomic E-state index is 0.0478. The van der Waals surface area contributed by atoms with Crippen LogP contribution >= 0.6 is 0 Å². The van der Waals surface area contributed by atoms with Crippen molar-refractivity contribution < 1.29 is 14.3 Å². The molecule has 1 aliphatic carbocycles. The second-order valence-corrected chi connectivity index (χ2v) is 7.25. The normalized spacial score (nSPS) is 18.5. The van der Waals surface area contributed by atoms with Gasteiger partial charge in [-0.25, -0.2) is 4.68 Å². The number of amides is 1. The zero-order chi connectivity index (χ0) is 18.0. The number of hydrogen-bond acceptors (Lipinski definition) is 4. The van der Waals surface area contributed by atoms with Gasteiger partial charge in [-0.3, -0.25) is 4.79 Å². The summed E-state index contributed by atoms with van der Waals surface area (Å²) in [5, 5.41) is 7.66. The largest absolute Gasteiger partial charge is 0.497 e. The van der Waals surface area contributed by atoms with Gasteiger partial charge in [0.1, 0.15) is 12.4 Å². The molecule has 1 aromatic heterocycles.